The number of benzene rings is 2. The maximum absolute atomic E-state index is 14.1. The minimum atomic E-state index is -1.58. The van der Waals surface area contributed by atoms with E-state index in [1.807, 2.05) is 0 Å². The van der Waals surface area contributed by atoms with Gasteiger partial charge in [0.1, 0.15) is 18.1 Å². The molecule has 2 aromatic carbocycles. The molecule has 0 aliphatic carbocycles. The molecule has 0 saturated carbocycles. The smallest absolute Gasteiger partial charge is 0.407 e. The van der Waals surface area contributed by atoms with Crippen molar-refractivity contribution in [1.29, 1.82) is 0 Å². The lowest BCUT2D eigenvalue weighted by molar-refractivity contribution is -0.146. The highest BCUT2D eigenvalue weighted by Gasteiger charge is 2.43. The Morgan fingerprint density at radius 3 is 1.88 bits per heavy atom. The second-order valence-electron chi connectivity index (χ2n) is 18.7. The van der Waals surface area contributed by atoms with Gasteiger partial charge in [-0.05, 0) is 68.9 Å². The number of nitrogens with two attached hydrogens (primary N) is 5. The first-order valence-corrected chi connectivity index (χ1v) is 25.3. The van der Waals surface area contributed by atoms with Gasteiger partial charge in [0.05, 0.1) is 25.7 Å². The largest absolute Gasteiger partial charge is 0.465 e. The molecule has 0 unspecified atom stereocenters. The highest BCUT2D eigenvalue weighted by Crippen LogP contribution is 2.26. The number of urea groups is 2. The van der Waals surface area contributed by atoms with Crippen LogP contribution in [0.15, 0.2) is 70.6 Å². The molecule has 27 nitrogen and oxygen atoms in total. The quantitative estimate of drug-likeness (QED) is 0.0119. The van der Waals surface area contributed by atoms with Crippen LogP contribution in [0.25, 0.3) is 0 Å². The van der Waals surface area contributed by atoms with Gasteiger partial charge >= 0.3 is 18.2 Å². The van der Waals surface area contributed by atoms with Crippen LogP contribution < -0.4 is 44.7 Å². The van der Waals surface area contributed by atoms with E-state index in [2.05, 4.69) is 25.9 Å². The number of carboxylic acid groups (broad SMARTS) is 1. The van der Waals surface area contributed by atoms with Crippen molar-refractivity contribution in [2.45, 2.75) is 88.4 Å². The maximum atomic E-state index is 14.1. The number of carbonyl (C=O) groups excluding carboxylic acids is 8. The Hall–Kier alpha value is -8.07. The maximum Gasteiger partial charge on any atom is 0.407 e. The summed E-state index contributed by atoms with van der Waals surface area (Å²) in [7, 11) is 0. The number of rotatable bonds is 26. The van der Waals surface area contributed by atoms with Gasteiger partial charge in [-0.2, -0.15) is 0 Å². The van der Waals surface area contributed by atoms with Crippen molar-refractivity contribution in [2.24, 2.45) is 44.7 Å². The van der Waals surface area contributed by atoms with Gasteiger partial charge in [0, 0.05) is 64.7 Å². The standard InChI is InChI=1S/C49H72N16O11/c50-45(51)55-18-9-20-60(49(75)76)30-40(68)36(27-33-14-5-2-6-15-33)59-47(73)65-25-11-24-64(65)43(71)37(31-66)58-41(69)34(26-32-12-3-1-4-13-32)28-35(67)29-57-42(70)38-16-7-21-61(38)44(72)39-17-8-22-62(39)48(74)63(54)23-10-19-56-46(52)53/h1-6,12-15,34,36-39,66H,7-11,16-31,54H2,(H,57,70)(H,58,69)(H,59,73)(H,75,76)(H4,50,51,55)(H4,52,53,56)/t34-,36+,37+,38+,39+/m1/s1. The summed E-state index contributed by atoms with van der Waals surface area (Å²) in [6, 6.07) is 11.5. The molecule has 414 valence electrons. The van der Waals surface area contributed by atoms with Gasteiger partial charge in [0.15, 0.2) is 23.5 Å². The molecule has 2 aromatic rings. The van der Waals surface area contributed by atoms with Crippen molar-refractivity contribution in [3.8, 4) is 0 Å². The molecule has 0 bridgehead atoms. The number of nitrogens with one attached hydrogen (secondary N) is 3. The van der Waals surface area contributed by atoms with Crippen molar-refractivity contribution < 1.29 is 53.4 Å². The van der Waals surface area contributed by atoms with Gasteiger partial charge in [-0.1, -0.05) is 60.7 Å². The number of nitrogens with zero attached hydrogens (tertiary/aromatic N) is 8. The third-order valence-corrected chi connectivity index (χ3v) is 13.1. The Balaban J connectivity index is 1.21. The van der Waals surface area contributed by atoms with E-state index in [9.17, 15) is 53.4 Å². The average Bonchev–Trinajstić information content (AvgIpc) is 4.22. The molecule has 76 heavy (non-hydrogen) atoms. The number of likely N-dealkylation sites (tertiary alicyclic amines) is 2. The number of hydrazine groups is 2. The number of Topliss-reactive ketones (excluding diaryl/α,β-unsaturated/α-hetero) is 2. The van der Waals surface area contributed by atoms with E-state index < -0.39 is 110 Å². The lowest BCUT2D eigenvalue weighted by Gasteiger charge is -2.32. The topological polar surface area (TPSA) is 404 Å². The summed E-state index contributed by atoms with van der Waals surface area (Å²) >= 11 is 0. The van der Waals surface area contributed by atoms with Crippen molar-refractivity contribution >= 4 is 65.3 Å². The van der Waals surface area contributed by atoms with Crippen LogP contribution in [0.5, 0.6) is 0 Å². The summed E-state index contributed by atoms with van der Waals surface area (Å²) in [5, 5.41) is 31.3. The predicted molar refractivity (Wildman–Crippen MR) is 277 cm³/mol. The van der Waals surface area contributed by atoms with Gasteiger partial charge < -0.3 is 63.8 Å². The Morgan fingerprint density at radius 2 is 1.28 bits per heavy atom. The lowest BCUT2D eigenvalue weighted by Crippen LogP contribution is -2.59. The van der Waals surface area contributed by atoms with E-state index in [-0.39, 0.29) is 83.5 Å². The monoisotopic (exact) mass is 1060 g/mol. The van der Waals surface area contributed by atoms with Gasteiger partial charge in [0.2, 0.25) is 17.7 Å². The fraction of sp³-hybridized carbons (Fsp3) is 0.531. The zero-order valence-corrected chi connectivity index (χ0v) is 42.5. The van der Waals surface area contributed by atoms with Crippen LogP contribution in [-0.2, 0) is 41.6 Å². The Kier molecular flexibility index (Phi) is 22.5. The summed E-state index contributed by atoms with van der Waals surface area (Å²) in [6.07, 6.45) is 0.861. The van der Waals surface area contributed by atoms with Crippen LogP contribution >= 0.6 is 0 Å². The first-order chi connectivity index (χ1) is 36.4. The van der Waals surface area contributed by atoms with Gasteiger partial charge in [-0.15, -0.1) is 0 Å². The van der Waals surface area contributed by atoms with Crippen LogP contribution in [-0.4, -0.2) is 201 Å². The van der Waals surface area contributed by atoms with Gasteiger partial charge in [0.25, 0.3) is 5.91 Å². The molecule has 0 aromatic heterocycles. The van der Waals surface area contributed by atoms with Crippen molar-refractivity contribution in [2.75, 3.05) is 72.1 Å². The number of guanidine groups is 2. The molecular formula is C49H72N16O11. The highest BCUT2D eigenvalue weighted by atomic mass is 16.4. The van der Waals surface area contributed by atoms with E-state index in [0.29, 0.717) is 49.7 Å². The molecule has 0 radical (unpaired) electrons. The number of hydrogen-bond acceptors (Lipinski definition) is 13. The zero-order valence-electron chi connectivity index (χ0n) is 42.5. The summed E-state index contributed by atoms with van der Waals surface area (Å²) in [5.41, 5.74) is 22.8. The highest BCUT2D eigenvalue weighted by molar-refractivity contribution is 5.96. The minimum Gasteiger partial charge on any atom is -0.465 e. The summed E-state index contributed by atoms with van der Waals surface area (Å²) in [6.45, 7) is -0.987. The molecule has 27 heteroatoms. The number of aliphatic hydroxyl groups excluding tert-OH is 1. The molecule has 3 aliphatic rings. The van der Waals surface area contributed by atoms with Crippen LogP contribution in [0.4, 0.5) is 14.4 Å². The van der Waals surface area contributed by atoms with Gasteiger partial charge in [-0.25, -0.2) is 30.2 Å². The first kappa shape index (κ1) is 58.8. The van der Waals surface area contributed by atoms with E-state index >= 15 is 0 Å². The second kappa shape index (κ2) is 29.1. The molecule has 3 saturated heterocycles. The molecule has 3 fully saturated rings. The fourth-order valence-corrected chi connectivity index (χ4v) is 9.30. The summed E-state index contributed by atoms with van der Waals surface area (Å²) in [4.78, 5) is 134. The average molecular weight is 1060 g/mol. The third-order valence-electron chi connectivity index (χ3n) is 13.1. The normalized spacial score (nSPS) is 17.2. The third kappa shape index (κ3) is 17.3. The number of hydrogen-bond donors (Lipinski definition) is 10. The number of aliphatic hydroxyl groups is 1. The summed E-state index contributed by atoms with van der Waals surface area (Å²) < 4.78 is 0. The molecule has 0 spiro atoms. The number of carbonyl (C=O) groups is 9. The number of amides is 9. The second-order valence-corrected chi connectivity index (χ2v) is 18.7. The minimum absolute atomic E-state index is 0.000282. The Morgan fingerprint density at radius 1 is 0.697 bits per heavy atom. The van der Waals surface area contributed by atoms with E-state index in [4.69, 9.17) is 28.8 Å². The zero-order chi connectivity index (χ0) is 55.3. The molecule has 9 amide bonds. The van der Waals surface area contributed by atoms with Crippen LogP contribution in [0.2, 0.25) is 0 Å². The van der Waals surface area contributed by atoms with E-state index in [0.717, 1.165) is 19.9 Å². The fourth-order valence-electron chi connectivity index (χ4n) is 9.30. The van der Waals surface area contributed by atoms with Crippen molar-refractivity contribution in [3.05, 3.63) is 71.8 Å². The van der Waals surface area contributed by atoms with Crippen LogP contribution in [0, 0.1) is 5.92 Å². The SMILES string of the molecule is NC(N)=NCCCN(N)C(=O)N1CCC[C@H]1C(=O)N1CCC[C@H]1C(=O)NCC(=O)C[C@@H](Cc1ccccc1)C(=O)N[C@@H](CO)C(=O)N1CCCN1C(=O)N[C@@H](Cc1ccccc1)C(=O)CN(CCCN=C(N)N)C(=O)O. The number of aliphatic imine (C=N–C) groups is 2. The van der Waals surface area contributed by atoms with Crippen molar-refractivity contribution in [3.63, 3.8) is 0 Å². The van der Waals surface area contributed by atoms with Crippen molar-refractivity contribution in [1.82, 2.24) is 45.7 Å². The van der Waals surface area contributed by atoms with Gasteiger partial charge in [-0.3, -0.25) is 43.8 Å². The molecular weight excluding hydrogens is 989 g/mol. The molecule has 3 aliphatic heterocycles. The predicted octanol–water partition coefficient (Wildman–Crippen LogP) is -2.20. The summed E-state index contributed by atoms with van der Waals surface area (Å²) in [5.74, 6) is 0.882. The van der Waals surface area contributed by atoms with E-state index in [1.165, 1.54) is 9.80 Å². The molecule has 3 heterocycles. The first-order valence-electron chi connectivity index (χ1n) is 25.3. The van der Waals surface area contributed by atoms with E-state index in [1.54, 1.807) is 60.7 Å². The van der Waals surface area contributed by atoms with Crippen LogP contribution in [0.1, 0.15) is 62.5 Å². The Bertz CT molecular complexity index is 2410. The molecule has 5 atom stereocenters. The molecule has 15 N–H and O–H groups in total. The van der Waals surface area contributed by atoms with Crippen LogP contribution in [0.3, 0.4) is 0 Å². The number of ketones is 2. The molecule has 5 rings (SSSR count). The Labute approximate surface area is 440 Å². The lowest BCUT2D eigenvalue weighted by atomic mass is 9.93.